The number of amides is 1. The molecule has 1 amide bonds. The number of halogens is 1. The number of carboxylic acids is 1. The minimum atomic E-state index is -1.05. The van der Waals surface area contributed by atoms with Crippen LogP contribution in [0.2, 0.25) is 0 Å². The van der Waals surface area contributed by atoms with Gasteiger partial charge in [-0.05, 0) is 44.9 Å². The van der Waals surface area contributed by atoms with Crippen LogP contribution in [0.5, 0.6) is 0 Å². The molecule has 1 atom stereocenters. The lowest BCUT2D eigenvalue weighted by molar-refractivity contribution is -0.136. The summed E-state index contributed by atoms with van der Waals surface area (Å²) >= 11 is 5.66. The highest BCUT2D eigenvalue weighted by molar-refractivity contribution is 6.29. The van der Waals surface area contributed by atoms with E-state index in [4.69, 9.17) is 21.4 Å². The SMILES string of the molecule is CC(C)(C)OC(=O)Nc1ccc(C[C@@H](Cl)C(=O)O)cc1. The topological polar surface area (TPSA) is 75.6 Å². The zero-order valence-corrected chi connectivity index (χ0v) is 12.4. The van der Waals surface area contributed by atoms with Gasteiger partial charge >= 0.3 is 12.1 Å². The first-order valence-corrected chi connectivity index (χ1v) is 6.57. The monoisotopic (exact) mass is 299 g/mol. The minimum absolute atomic E-state index is 0.226. The van der Waals surface area contributed by atoms with Crippen LogP contribution < -0.4 is 5.32 Å². The van der Waals surface area contributed by atoms with Gasteiger partial charge in [-0.3, -0.25) is 10.1 Å². The summed E-state index contributed by atoms with van der Waals surface area (Å²) in [5.74, 6) is -1.05. The molecule has 0 unspecified atom stereocenters. The van der Waals surface area contributed by atoms with Gasteiger partial charge in [0.15, 0.2) is 0 Å². The van der Waals surface area contributed by atoms with Crippen LogP contribution in [0, 0.1) is 0 Å². The highest BCUT2D eigenvalue weighted by Gasteiger charge is 2.16. The van der Waals surface area contributed by atoms with E-state index in [1.807, 2.05) is 0 Å². The fourth-order valence-electron chi connectivity index (χ4n) is 1.44. The van der Waals surface area contributed by atoms with Crippen LogP contribution in [0.4, 0.5) is 10.5 Å². The smallest absolute Gasteiger partial charge is 0.412 e. The molecule has 110 valence electrons. The Hall–Kier alpha value is -1.75. The van der Waals surface area contributed by atoms with Crippen LogP contribution in [0.1, 0.15) is 26.3 Å². The molecule has 1 rings (SSSR count). The predicted molar refractivity (Wildman–Crippen MR) is 77.3 cm³/mol. The zero-order chi connectivity index (χ0) is 15.3. The van der Waals surface area contributed by atoms with Crippen molar-refractivity contribution in [2.45, 2.75) is 38.2 Å². The molecular formula is C14H18ClNO4. The second-order valence-electron chi connectivity index (χ2n) is 5.33. The van der Waals surface area contributed by atoms with Crippen molar-refractivity contribution in [1.29, 1.82) is 0 Å². The zero-order valence-electron chi connectivity index (χ0n) is 11.6. The molecule has 2 N–H and O–H groups in total. The number of carbonyl (C=O) groups is 2. The molecule has 0 saturated carbocycles. The molecule has 0 heterocycles. The Labute approximate surface area is 122 Å². The fraction of sp³-hybridized carbons (Fsp3) is 0.429. The van der Waals surface area contributed by atoms with Gasteiger partial charge in [0.1, 0.15) is 11.0 Å². The lowest BCUT2D eigenvalue weighted by Crippen LogP contribution is -2.27. The van der Waals surface area contributed by atoms with Crippen molar-refractivity contribution in [2.75, 3.05) is 5.32 Å². The van der Waals surface area contributed by atoms with Gasteiger partial charge in [0.25, 0.3) is 0 Å². The van der Waals surface area contributed by atoms with Crippen molar-refractivity contribution in [1.82, 2.24) is 0 Å². The highest BCUT2D eigenvalue weighted by atomic mass is 35.5. The summed E-state index contributed by atoms with van der Waals surface area (Å²) in [5.41, 5.74) is 0.795. The third-order valence-corrected chi connectivity index (χ3v) is 2.62. The summed E-state index contributed by atoms with van der Waals surface area (Å²) in [6, 6.07) is 6.77. The second kappa shape index (κ2) is 6.61. The van der Waals surface area contributed by atoms with E-state index in [0.717, 1.165) is 5.56 Å². The molecule has 0 aliphatic carbocycles. The number of carboxylic acid groups (broad SMARTS) is 1. The molecule has 0 radical (unpaired) electrons. The molecule has 0 fully saturated rings. The first-order chi connectivity index (χ1) is 9.17. The van der Waals surface area contributed by atoms with Crippen molar-refractivity contribution in [3.8, 4) is 0 Å². The van der Waals surface area contributed by atoms with Crippen LogP contribution in [0.3, 0.4) is 0 Å². The average molecular weight is 300 g/mol. The van der Waals surface area contributed by atoms with E-state index in [-0.39, 0.29) is 6.42 Å². The Morgan fingerprint density at radius 1 is 1.30 bits per heavy atom. The first kappa shape index (κ1) is 16.3. The van der Waals surface area contributed by atoms with Gasteiger partial charge < -0.3 is 9.84 Å². The van der Waals surface area contributed by atoms with Crippen LogP contribution in [0.25, 0.3) is 0 Å². The average Bonchev–Trinajstić information content (AvgIpc) is 2.28. The largest absolute Gasteiger partial charge is 0.480 e. The Morgan fingerprint density at radius 3 is 2.30 bits per heavy atom. The number of hydrogen-bond acceptors (Lipinski definition) is 3. The van der Waals surface area contributed by atoms with E-state index in [0.29, 0.717) is 5.69 Å². The molecule has 5 nitrogen and oxygen atoms in total. The van der Waals surface area contributed by atoms with Gasteiger partial charge in [-0.25, -0.2) is 4.79 Å². The van der Waals surface area contributed by atoms with Crippen LogP contribution >= 0.6 is 11.6 Å². The maximum atomic E-state index is 11.5. The normalized spacial score (nSPS) is 12.6. The summed E-state index contributed by atoms with van der Waals surface area (Å²) in [6.07, 6.45) is -0.310. The number of alkyl halides is 1. The number of rotatable bonds is 4. The standard InChI is InChI=1S/C14H18ClNO4/c1-14(2,3)20-13(19)16-10-6-4-9(5-7-10)8-11(15)12(17)18/h4-7,11H,8H2,1-3H3,(H,16,19)(H,17,18)/t11-/m1/s1. The highest BCUT2D eigenvalue weighted by Crippen LogP contribution is 2.15. The molecule has 1 aromatic carbocycles. The maximum absolute atomic E-state index is 11.5. The van der Waals surface area contributed by atoms with Crippen LogP contribution in [-0.2, 0) is 16.0 Å². The number of hydrogen-bond donors (Lipinski definition) is 2. The minimum Gasteiger partial charge on any atom is -0.480 e. The van der Waals surface area contributed by atoms with Gasteiger partial charge in [0.05, 0.1) is 0 Å². The first-order valence-electron chi connectivity index (χ1n) is 6.13. The molecule has 0 aromatic heterocycles. The molecule has 6 heteroatoms. The van der Waals surface area contributed by atoms with Crippen molar-refractivity contribution >= 4 is 29.4 Å². The Balaban J connectivity index is 2.59. The van der Waals surface area contributed by atoms with E-state index < -0.39 is 23.0 Å². The van der Waals surface area contributed by atoms with E-state index in [1.54, 1.807) is 45.0 Å². The second-order valence-corrected chi connectivity index (χ2v) is 5.86. The fourth-order valence-corrected chi connectivity index (χ4v) is 1.62. The van der Waals surface area contributed by atoms with Crippen molar-refractivity contribution in [2.24, 2.45) is 0 Å². The summed E-state index contributed by atoms with van der Waals surface area (Å²) in [7, 11) is 0. The molecule has 0 aliphatic heterocycles. The molecular weight excluding hydrogens is 282 g/mol. The van der Waals surface area contributed by atoms with Crippen LogP contribution in [-0.4, -0.2) is 28.1 Å². The van der Waals surface area contributed by atoms with Gasteiger partial charge in [0.2, 0.25) is 0 Å². The number of aliphatic carboxylic acids is 1. The molecule has 0 aliphatic rings. The molecule has 0 saturated heterocycles. The lowest BCUT2D eigenvalue weighted by Gasteiger charge is -2.19. The molecule has 0 bridgehead atoms. The van der Waals surface area contributed by atoms with Gasteiger partial charge in [-0.15, -0.1) is 11.6 Å². The van der Waals surface area contributed by atoms with Gasteiger partial charge in [-0.1, -0.05) is 12.1 Å². The maximum Gasteiger partial charge on any atom is 0.412 e. The number of carbonyl (C=O) groups excluding carboxylic acids is 1. The van der Waals surface area contributed by atoms with Crippen molar-refractivity contribution < 1.29 is 19.4 Å². The Bertz CT molecular complexity index is 479. The summed E-state index contributed by atoms with van der Waals surface area (Å²) < 4.78 is 5.12. The Morgan fingerprint density at radius 2 is 1.85 bits per heavy atom. The number of anilines is 1. The van der Waals surface area contributed by atoms with Gasteiger partial charge in [-0.2, -0.15) is 0 Å². The quantitative estimate of drug-likeness (QED) is 0.837. The van der Waals surface area contributed by atoms with Crippen molar-refractivity contribution in [3.63, 3.8) is 0 Å². The summed E-state index contributed by atoms with van der Waals surface area (Å²) in [6.45, 7) is 5.34. The van der Waals surface area contributed by atoms with E-state index in [2.05, 4.69) is 5.32 Å². The third kappa shape index (κ3) is 5.93. The third-order valence-electron chi connectivity index (χ3n) is 2.28. The van der Waals surface area contributed by atoms with Gasteiger partial charge in [0, 0.05) is 5.69 Å². The number of benzene rings is 1. The van der Waals surface area contributed by atoms with E-state index in [9.17, 15) is 9.59 Å². The van der Waals surface area contributed by atoms with Crippen molar-refractivity contribution in [3.05, 3.63) is 29.8 Å². The summed E-state index contributed by atoms with van der Waals surface area (Å²) in [5, 5.41) is 10.4. The predicted octanol–water partition coefficient (Wildman–Crippen LogP) is 3.27. The molecule has 0 spiro atoms. The summed E-state index contributed by atoms with van der Waals surface area (Å²) in [4.78, 5) is 22.2. The number of nitrogens with one attached hydrogen (secondary N) is 1. The molecule has 1 aromatic rings. The Kier molecular flexibility index (Phi) is 5.39. The molecule has 20 heavy (non-hydrogen) atoms. The lowest BCUT2D eigenvalue weighted by atomic mass is 10.1. The van der Waals surface area contributed by atoms with E-state index >= 15 is 0 Å². The van der Waals surface area contributed by atoms with Crippen LogP contribution in [0.15, 0.2) is 24.3 Å². The number of ether oxygens (including phenoxy) is 1. The van der Waals surface area contributed by atoms with E-state index in [1.165, 1.54) is 0 Å².